The second kappa shape index (κ2) is 5.58. The number of rotatable bonds is 4. The van der Waals surface area contributed by atoms with Gasteiger partial charge in [0, 0.05) is 0 Å². The number of hydrogen-bond donors (Lipinski definition) is 2. The summed E-state index contributed by atoms with van der Waals surface area (Å²) in [7, 11) is 0. The van der Waals surface area contributed by atoms with Crippen molar-refractivity contribution in [2.24, 2.45) is 0 Å². The number of aliphatic hydroxyl groups excluding tert-OH is 1. The second-order valence-electron chi connectivity index (χ2n) is 6.06. The molecule has 0 radical (unpaired) electrons. The zero-order chi connectivity index (χ0) is 16.6. The van der Waals surface area contributed by atoms with Crippen LogP contribution in [0.15, 0.2) is 30.6 Å². The Labute approximate surface area is 133 Å². The Morgan fingerprint density at radius 1 is 1.30 bits per heavy atom. The molecule has 7 heteroatoms. The first-order valence-electron chi connectivity index (χ1n) is 7.26. The summed E-state index contributed by atoms with van der Waals surface area (Å²) in [6, 6.07) is 6.18. The molecule has 0 amide bonds. The molecular weight excluding hydrogens is 297 g/mol. The topological polar surface area (TPSA) is 75.9 Å². The maximum absolute atomic E-state index is 13.5. The van der Waals surface area contributed by atoms with Crippen LogP contribution in [0.3, 0.4) is 0 Å². The molecule has 1 aromatic carbocycles. The standard InChI is InChI=1S/C16H18FN5O/c1-10-13-14(20-16(2,3)8-23)18-9-19-15(13)22(21-10)12-6-4-5-11(17)7-12/h4-7,9,23H,8H2,1-3H3,(H,18,19,20). The van der Waals surface area contributed by atoms with E-state index in [0.717, 1.165) is 11.1 Å². The molecule has 6 nitrogen and oxygen atoms in total. The van der Waals surface area contributed by atoms with Gasteiger partial charge in [-0.15, -0.1) is 0 Å². The zero-order valence-electron chi connectivity index (χ0n) is 13.2. The summed E-state index contributed by atoms with van der Waals surface area (Å²) < 4.78 is 15.1. The highest BCUT2D eigenvalue weighted by molar-refractivity contribution is 5.90. The normalized spacial score (nSPS) is 11.9. The molecule has 2 aromatic heterocycles. The summed E-state index contributed by atoms with van der Waals surface area (Å²) in [5.41, 5.74) is 1.36. The molecule has 2 N–H and O–H groups in total. The highest BCUT2D eigenvalue weighted by Crippen LogP contribution is 2.27. The Bertz CT molecular complexity index is 859. The minimum atomic E-state index is -0.533. The summed E-state index contributed by atoms with van der Waals surface area (Å²) in [6.45, 7) is 5.54. The van der Waals surface area contributed by atoms with Gasteiger partial charge in [0.05, 0.1) is 28.9 Å². The van der Waals surface area contributed by atoms with Crippen LogP contribution in [0.2, 0.25) is 0 Å². The zero-order valence-corrected chi connectivity index (χ0v) is 13.2. The second-order valence-corrected chi connectivity index (χ2v) is 6.06. The predicted molar refractivity (Wildman–Crippen MR) is 86.1 cm³/mol. The van der Waals surface area contributed by atoms with Crippen LogP contribution in [-0.4, -0.2) is 37.0 Å². The molecule has 3 aromatic rings. The van der Waals surface area contributed by atoms with Gasteiger partial charge in [0.15, 0.2) is 5.65 Å². The number of benzene rings is 1. The van der Waals surface area contributed by atoms with E-state index in [0.29, 0.717) is 17.2 Å². The van der Waals surface area contributed by atoms with Crippen molar-refractivity contribution in [3.8, 4) is 5.69 Å². The largest absolute Gasteiger partial charge is 0.394 e. The third-order valence-corrected chi connectivity index (χ3v) is 3.54. The van der Waals surface area contributed by atoms with E-state index in [1.807, 2.05) is 20.8 Å². The van der Waals surface area contributed by atoms with E-state index in [-0.39, 0.29) is 12.4 Å². The number of halogens is 1. The summed E-state index contributed by atoms with van der Waals surface area (Å²) >= 11 is 0. The molecule has 0 aliphatic carbocycles. The number of nitrogens with zero attached hydrogens (tertiary/aromatic N) is 4. The SMILES string of the molecule is Cc1nn(-c2cccc(F)c2)c2ncnc(NC(C)(C)CO)c12. The van der Waals surface area contributed by atoms with Crippen molar-refractivity contribution in [1.29, 1.82) is 0 Å². The molecule has 0 aliphatic heterocycles. The van der Waals surface area contributed by atoms with Crippen molar-refractivity contribution in [1.82, 2.24) is 19.7 Å². The molecule has 0 saturated heterocycles. The minimum absolute atomic E-state index is 0.0461. The Hall–Kier alpha value is -2.54. The molecule has 3 rings (SSSR count). The number of fused-ring (bicyclic) bond motifs is 1. The van der Waals surface area contributed by atoms with Crippen LogP contribution >= 0.6 is 0 Å². The average Bonchev–Trinajstić information content (AvgIpc) is 2.85. The molecule has 0 saturated carbocycles. The minimum Gasteiger partial charge on any atom is -0.394 e. The van der Waals surface area contributed by atoms with Gasteiger partial charge in [0.25, 0.3) is 0 Å². The molecule has 0 atom stereocenters. The fourth-order valence-corrected chi connectivity index (χ4v) is 2.36. The number of nitrogens with one attached hydrogen (secondary N) is 1. The van der Waals surface area contributed by atoms with E-state index >= 15 is 0 Å². The fourth-order valence-electron chi connectivity index (χ4n) is 2.36. The molecule has 0 spiro atoms. The first-order valence-corrected chi connectivity index (χ1v) is 7.26. The lowest BCUT2D eigenvalue weighted by atomic mass is 10.1. The molecule has 23 heavy (non-hydrogen) atoms. The fraction of sp³-hybridized carbons (Fsp3) is 0.312. The molecule has 0 aliphatic rings. The Balaban J connectivity index is 2.17. The van der Waals surface area contributed by atoms with Gasteiger partial charge in [-0.2, -0.15) is 5.10 Å². The number of aromatic nitrogens is 4. The van der Waals surface area contributed by atoms with E-state index in [1.54, 1.807) is 16.8 Å². The third-order valence-electron chi connectivity index (χ3n) is 3.54. The number of aryl methyl sites for hydroxylation is 1. The van der Waals surface area contributed by atoms with Gasteiger partial charge in [-0.25, -0.2) is 19.0 Å². The summed E-state index contributed by atoms with van der Waals surface area (Å²) in [5, 5.41) is 17.9. The first-order chi connectivity index (χ1) is 10.9. The summed E-state index contributed by atoms with van der Waals surface area (Å²) in [4.78, 5) is 8.55. The maximum atomic E-state index is 13.5. The molecule has 2 heterocycles. The quantitative estimate of drug-likeness (QED) is 0.773. The molecule has 0 unspecified atom stereocenters. The van der Waals surface area contributed by atoms with Gasteiger partial charge in [-0.05, 0) is 39.0 Å². The Morgan fingerprint density at radius 2 is 2.09 bits per heavy atom. The van der Waals surface area contributed by atoms with E-state index in [4.69, 9.17) is 0 Å². The van der Waals surface area contributed by atoms with Crippen molar-refractivity contribution in [3.05, 3.63) is 42.1 Å². The van der Waals surface area contributed by atoms with E-state index in [2.05, 4.69) is 20.4 Å². The van der Waals surface area contributed by atoms with Crippen LogP contribution in [0, 0.1) is 12.7 Å². The summed E-state index contributed by atoms with van der Waals surface area (Å²) in [5.74, 6) is 0.256. The van der Waals surface area contributed by atoms with E-state index < -0.39 is 5.54 Å². The number of aliphatic hydroxyl groups is 1. The number of hydrogen-bond acceptors (Lipinski definition) is 5. The van der Waals surface area contributed by atoms with Gasteiger partial charge in [0.1, 0.15) is 18.0 Å². The van der Waals surface area contributed by atoms with Crippen LogP contribution in [0.1, 0.15) is 19.5 Å². The van der Waals surface area contributed by atoms with Crippen LogP contribution < -0.4 is 5.32 Å². The highest BCUT2D eigenvalue weighted by atomic mass is 19.1. The molecular formula is C16H18FN5O. The third kappa shape index (κ3) is 2.87. The van der Waals surface area contributed by atoms with Crippen LogP contribution in [0.5, 0.6) is 0 Å². The smallest absolute Gasteiger partial charge is 0.168 e. The molecule has 120 valence electrons. The monoisotopic (exact) mass is 315 g/mol. The summed E-state index contributed by atoms with van der Waals surface area (Å²) in [6.07, 6.45) is 1.43. The van der Waals surface area contributed by atoms with Crippen LogP contribution in [-0.2, 0) is 0 Å². The van der Waals surface area contributed by atoms with Crippen molar-refractivity contribution < 1.29 is 9.50 Å². The maximum Gasteiger partial charge on any atom is 0.168 e. The Kier molecular flexibility index (Phi) is 3.73. The van der Waals surface area contributed by atoms with Gasteiger partial charge in [0.2, 0.25) is 0 Å². The van der Waals surface area contributed by atoms with E-state index in [1.165, 1.54) is 18.5 Å². The first kappa shape index (κ1) is 15.4. The van der Waals surface area contributed by atoms with Gasteiger partial charge in [-0.3, -0.25) is 0 Å². The van der Waals surface area contributed by atoms with Crippen molar-refractivity contribution in [3.63, 3.8) is 0 Å². The number of anilines is 1. The van der Waals surface area contributed by atoms with Crippen molar-refractivity contribution in [2.75, 3.05) is 11.9 Å². The van der Waals surface area contributed by atoms with Gasteiger partial charge < -0.3 is 10.4 Å². The predicted octanol–water partition coefficient (Wildman–Crippen LogP) is 2.45. The van der Waals surface area contributed by atoms with Crippen LogP contribution in [0.4, 0.5) is 10.2 Å². The lowest BCUT2D eigenvalue weighted by molar-refractivity contribution is 0.234. The molecule has 0 fully saturated rings. The van der Waals surface area contributed by atoms with Crippen LogP contribution in [0.25, 0.3) is 16.7 Å². The highest BCUT2D eigenvalue weighted by Gasteiger charge is 2.21. The molecule has 0 bridgehead atoms. The lowest BCUT2D eigenvalue weighted by Gasteiger charge is -2.24. The van der Waals surface area contributed by atoms with Gasteiger partial charge >= 0.3 is 0 Å². The van der Waals surface area contributed by atoms with Crippen molar-refractivity contribution in [2.45, 2.75) is 26.3 Å². The Morgan fingerprint density at radius 3 is 2.78 bits per heavy atom. The van der Waals surface area contributed by atoms with Crippen molar-refractivity contribution >= 4 is 16.9 Å². The lowest BCUT2D eigenvalue weighted by Crippen LogP contribution is -2.35. The van der Waals surface area contributed by atoms with Gasteiger partial charge in [-0.1, -0.05) is 6.07 Å². The van der Waals surface area contributed by atoms with E-state index in [9.17, 15) is 9.50 Å². The average molecular weight is 315 g/mol.